The number of carbonyl (C=O) groups excluding carboxylic acids is 2. The fourth-order valence-corrected chi connectivity index (χ4v) is 11.2. The zero-order valence-electron chi connectivity index (χ0n) is 25.1. The number of nitrogens with one attached hydrogen (secondary N) is 2. The molecule has 3 N–H and O–H groups in total. The highest BCUT2D eigenvalue weighted by Crippen LogP contribution is 2.68. The van der Waals surface area contributed by atoms with Gasteiger partial charge in [-0.1, -0.05) is 51.1 Å². The molecule has 4 saturated carbocycles. The zero-order chi connectivity index (χ0) is 29.4. The number of benzene rings is 1. The molecule has 9 atom stereocenters. The second-order valence-corrected chi connectivity index (χ2v) is 16.1. The Hall–Kier alpha value is -1.93. The normalized spacial score (nSPS) is 37.3. The van der Waals surface area contributed by atoms with Crippen LogP contribution in [0.5, 0.6) is 0 Å². The maximum absolute atomic E-state index is 12.6. The summed E-state index contributed by atoms with van der Waals surface area (Å²) in [6, 6.07) is 8.69. The van der Waals surface area contributed by atoms with E-state index in [1.807, 2.05) is 0 Å². The third kappa shape index (κ3) is 6.39. The lowest BCUT2D eigenvalue weighted by molar-refractivity contribution is -0.130. The van der Waals surface area contributed by atoms with Crippen molar-refractivity contribution in [3.05, 3.63) is 35.9 Å². The predicted molar refractivity (Wildman–Crippen MR) is 160 cm³/mol. The van der Waals surface area contributed by atoms with Gasteiger partial charge in [-0.15, -0.1) is 0 Å². The van der Waals surface area contributed by atoms with E-state index in [-0.39, 0.29) is 24.3 Å². The van der Waals surface area contributed by atoms with Gasteiger partial charge in [0.25, 0.3) is 5.91 Å². The molecule has 4 aliphatic carbocycles. The molecule has 0 bridgehead atoms. The molecule has 0 aromatic heterocycles. The molecule has 0 radical (unpaired) electrons. The van der Waals surface area contributed by atoms with Crippen LogP contribution in [-0.2, 0) is 25.4 Å². The summed E-state index contributed by atoms with van der Waals surface area (Å²) < 4.78 is 26.6. The number of rotatable bonds is 9. The number of sulfonamides is 1. The maximum atomic E-state index is 12.6. The molecule has 7 nitrogen and oxygen atoms in total. The highest BCUT2D eigenvalue weighted by Gasteiger charge is 2.60. The Kier molecular flexibility index (Phi) is 8.92. The molecule has 2 amide bonds. The van der Waals surface area contributed by atoms with E-state index in [4.69, 9.17) is 0 Å². The summed E-state index contributed by atoms with van der Waals surface area (Å²) in [4.78, 5) is 24.8. The van der Waals surface area contributed by atoms with Crippen LogP contribution in [0.3, 0.4) is 0 Å². The number of carbonyl (C=O) groups is 2. The monoisotopic (exact) mass is 586 g/mol. The Balaban J connectivity index is 1.09. The van der Waals surface area contributed by atoms with Gasteiger partial charge in [-0.05, 0) is 116 Å². The highest BCUT2D eigenvalue weighted by molar-refractivity contribution is 7.89. The second kappa shape index (κ2) is 12.0. The standard InChI is InChI=1S/C33H50N2O5S/c1-22(9-14-30(37)34-20-31(38)35-41(39,40)21-23-7-5-4-6-8-23)27-12-13-28-26-11-10-24-19-25(36)15-17-32(24,2)29(26)16-18-33(27,28)3/h4-8,22,24-29,36H,9-21H2,1-3H3,(H,34,37)(H,35,38)/t22-,24-,25-,26+,27-,28+,29+,32+,33-/m1/s1. The first-order chi connectivity index (χ1) is 19.4. The van der Waals surface area contributed by atoms with Gasteiger partial charge in [-0.3, -0.25) is 14.3 Å². The van der Waals surface area contributed by atoms with Crippen LogP contribution in [0.15, 0.2) is 30.3 Å². The predicted octanol–water partition coefficient (Wildman–Crippen LogP) is 5.18. The molecule has 0 heterocycles. The van der Waals surface area contributed by atoms with E-state index in [2.05, 4.69) is 30.8 Å². The molecule has 0 unspecified atom stereocenters. The molecule has 0 saturated heterocycles. The van der Waals surface area contributed by atoms with E-state index in [0.29, 0.717) is 40.6 Å². The second-order valence-electron chi connectivity index (χ2n) is 14.4. The Morgan fingerprint density at radius 3 is 2.41 bits per heavy atom. The molecule has 41 heavy (non-hydrogen) atoms. The van der Waals surface area contributed by atoms with Gasteiger partial charge in [0.15, 0.2) is 0 Å². The Labute approximate surface area is 246 Å². The Bertz CT molecular complexity index is 1210. The minimum absolute atomic E-state index is 0.102. The molecular formula is C33H50N2O5S. The van der Waals surface area contributed by atoms with Crippen molar-refractivity contribution >= 4 is 21.8 Å². The van der Waals surface area contributed by atoms with E-state index < -0.39 is 15.9 Å². The summed E-state index contributed by atoms with van der Waals surface area (Å²) in [6.45, 7) is 7.02. The van der Waals surface area contributed by atoms with Crippen LogP contribution < -0.4 is 10.0 Å². The van der Waals surface area contributed by atoms with E-state index >= 15 is 0 Å². The summed E-state index contributed by atoms with van der Waals surface area (Å²) in [5, 5.41) is 12.9. The first-order valence-corrected chi connectivity index (χ1v) is 17.6. The molecule has 228 valence electrons. The molecule has 8 heteroatoms. The van der Waals surface area contributed by atoms with Crippen molar-refractivity contribution in [2.75, 3.05) is 6.54 Å². The Morgan fingerprint density at radius 1 is 0.951 bits per heavy atom. The number of amides is 2. The minimum atomic E-state index is -3.82. The molecule has 0 spiro atoms. The highest BCUT2D eigenvalue weighted by atomic mass is 32.2. The van der Waals surface area contributed by atoms with Gasteiger partial charge < -0.3 is 10.4 Å². The van der Waals surface area contributed by atoms with Gasteiger partial charge in [-0.2, -0.15) is 0 Å². The van der Waals surface area contributed by atoms with Crippen molar-refractivity contribution in [3.63, 3.8) is 0 Å². The van der Waals surface area contributed by atoms with E-state index in [9.17, 15) is 23.1 Å². The van der Waals surface area contributed by atoms with Crippen molar-refractivity contribution in [1.29, 1.82) is 0 Å². The molecular weight excluding hydrogens is 536 g/mol. The first-order valence-electron chi connectivity index (χ1n) is 15.9. The third-order valence-corrected chi connectivity index (χ3v) is 13.4. The largest absolute Gasteiger partial charge is 0.393 e. The molecule has 4 aliphatic rings. The summed E-state index contributed by atoms with van der Waals surface area (Å²) in [6.07, 6.45) is 11.8. The average Bonchev–Trinajstić information content (AvgIpc) is 3.28. The summed E-state index contributed by atoms with van der Waals surface area (Å²) in [5.41, 5.74) is 1.30. The fourth-order valence-electron chi connectivity index (χ4n) is 10.1. The first kappa shape index (κ1) is 30.5. The minimum Gasteiger partial charge on any atom is -0.393 e. The van der Waals surface area contributed by atoms with Crippen molar-refractivity contribution < 1.29 is 23.1 Å². The van der Waals surface area contributed by atoms with Crippen LogP contribution in [-0.4, -0.2) is 38.0 Å². The van der Waals surface area contributed by atoms with Crippen LogP contribution in [0.25, 0.3) is 0 Å². The lowest BCUT2D eigenvalue weighted by atomic mass is 9.44. The lowest BCUT2D eigenvalue weighted by Crippen LogP contribution is -2.54. The smallest absolute Gasteiger partial charge is 0.252 e. The third-order valence-electron chi connectivity index (χ3n) is 12.1. The van der Waals surface area contributed by atoms with Crippen molar-refractivity contribution in [3.8, 4) is 0 Å². The molecule has 4 fully saturated rings. The van der Waals surface area contributed by atoms with Crippen molar-refractivity contribution in [2.45, 2.75) is 103 Å². The van der Waals surface area contributed by atoms with E-state index in [1.165, 1.54) is 44.9 Å². The van der Waals surface area contributed by atoms with E-state index in [0.717, 1.165) is 37.0 Å². The van der Waals surface area contributed by atoms with Gasteiger partial charge >= 0.3 is 0 Å². The number of fused-ring (bicyclic) bond motifs is 5. The Morgan fingerprint density at radius 2 is 1.66 bits per heavy atom. The zero-order valence-corrected chi connectivity index (χ0v) is 25.9. The summed E-state index contributed by atoms with van der Waals surface area (Å²) in [5.74, 6) is 2.83. The average molecular weight is 587 g/mol. The topological polar surface area (TPSA) is 113 Å². The molecule has 1 aromatic carbocycles. The maximum Gasteiger partial charge on any atom is 0.252 e. The molecule has 0 aliphatic heterocycles. The van der Waals surface area contributed by atoms with Crippen LogP contribution in [0, 0.1) is 46.3 Å². The van der Waals surface area contributed by atoms with Gasteiger partial charge in [0, 0.05) is 6.42 Å². The van der Waals surface area contributed by atoms with Crippen molar-refractivity contribution in [1.82, 2.24) is 10.0 Å². The quantitative estimate of drug-likeness (QED) is 0.369. The molecule has 1 aromatic rings. The van der Waals surface area contributed by atoms with Gasteiger partial charge in [0.2, 0.25) is 15.9 Å². The SMILES string of the molecule is C[C@H](CCC(=O)NCC(=O)NS(=O)(=O)Cc1ccccc1)[C@H]1CC[C@H]2[C@@H]3CC[C@@H]4C[C@H](O)CC[C@]4(C)[C@H]3CC[C@]12C. The number of hydrogen-bond acceptors (Lipinski definition) is 5. The van der Waals surface area contributed by atoms with Crippen LogP contribution in [0.4, 0.5) is 0 Å². The van der Waals surface area contributed by atoms with E-state index in [1.54, 1.807) is 30.3 Å². The molecule has 5 rings (SSSR count). The van der Waals surface area contributed by atoms with Crippen LogP contribution in [0.2, 0.25) is 0 Å². The van der Waals surface area contributed by atoms with Crippen molar-refractivity contribution in [2.24, 2.45) is 46.3 Å². The summed E-state index contributed by atoms with van der Waals surface area (Å²) in [7, 11) is -3.82. The number of aliphatic hydroxyl groups is 1. The van der Waals surface area contributed by atoms with Gasteiger partial charge in [0.1, 0.15) is 0 Å². The van der Waals surface area contributed by atoms with Crippen LogP contribution >= 0.6 is 0 Å². The fraction of sp³-hybridized carbons (Fsp3) is 0.758. The van der Waals surface area contributed by atoms with Gasteiger partial charge in [-0.25, -0.2) is 8.42 Å². The number of aliphatic hydroxyl groups excluding tert-OH is 1. The lowest BCUT2D eigenvalue weighted by Gasteiger charge is -2.61. The summed E-state index contributed by atoms with van der Waals surface area (Å²) >= 11 is 0. The number of hydrogen-bond donors (Lipinski definition) is 3. The van der Waals surface area contributed by atoms with Crippen LogP contribution in [0.1, 0.15) is 97.0 Å². The van der Waals surface area contributed by atoms with Gasteiger partial charge in [0.05, 0.1) is 18.4 Å².